The van der Waals surface area contributed by atoms with Crippen molar-refractivity contribution < 1.29 is 27.1 Å². The summed E-state index contributed by atoms with van der Waals surface area (Å²) in [5.41, 5.74) is 2.09. The van der Waals surface area contributed by atoms with Crippen LogP contribution in [-0.4, -0.2) is 54.2 Å². The average Bonchev–Trinajstić information content (AvgIpc) is 3.04. The van der Waals surface area contributed by atoms with Gasteiger partial charge in [-0.15, -0.1) is 0 Å². The molecular formula is C24H26FN3O5S. The molecule has 0 unspecified atom stereocenters. The number of esters is 1. The average molecular weight is 488 g/mol. The third-order valence-electron chi connectivity index (χ3n) is 5.70. The van der Waals surface area contributed by atoms with Gasteiger partial charge in [-0.25, -0.2) is 17.6 Å². The Kier molecular flexibility index (Phi) is 7.63. The molecule has 0 radical (unpaired) electrons. The topological polar surface area (TPSA) is 98.6 Å². The van der Waals surface area contributed by atoms with Gasteiger partial charge in [0.25, 0.3) is 0 Å². The lowest BCUT2D eigenvalue weighted by Gasteiger charge is -2.22. The molecule has 0 fully saturated rings. The van der Waals surface area contributed by atoms with E-state index in [4.69, 9.17) is 4.74 Å². The SMILES string of the molecule is COC(=O)c1c(C)c(C(=O)CN(CCc2ccccn2)S(=O)(=O)c2ccc(F)cc2)c(C)n1C. The van der Waals surface area contributed by atoms with E-state index < -0.39 is 34.1 Å². The Hall–Kier alpha value is -3.37. The molecule has 0 saturated heterocycles. The molecule has 10 heteroatoms. The van der Waals surface area contributed by atoms with Crippen molar-refractivity contribution >= 4 is 21.8 Å². The Morgan fingerprint density at radius 2 is 1.79 bits per heavy atom. The molecule has 34 heavy (non-hydrogen) atoms. The molecule has 0 spiro atoms. The predicted octanol–water partition coefficient (Wildman–Crippen LogP) is 3.08. The van der Waals surface area contributed by atoms with Gasteiger partial charge in [0.05, 0.1) is 18.6 Å². The van der Waals surface area contributed by atoms with Gasteiger partial charge in [-0.3, -0.25) is 9.78 Å². The Bertz CT molecular complexity index is 1300. The highest BCUT2D eigenvalue weighted by Gasteiger charge is 2.31. The smallest absolute Gasteiger partial charge is 0.354 e. The van der Waals surface area contributed by atoms with Crippen LogP contribution in [0.2, 0.25) is 0 Å². The third kappa shape index (κ3) is 5.07. The molecule has 1 aromatic carbocycles. The molecule has 0 bridgehead atoms. The first-order chi connectivity index (χ1) is 16.1. The lowest BCUT2D eigenvalue weighted by Crippen LogP contribution is -2.37. The maximum Gasteiger partial charge on any atom is 0.354 e. The number of carbonyl (C=O) groups excluding carboxylic acids is 2. The number of methoxy groups -OCH3 is 1. The van der Waals surface area contributed by atoms with E-state index in [1.807, 2.05) is 0 Å². The maximum atomic E-state index is 13.4. The van der Waals surface area contributed by atoms with Gasteiger partial charge in [0.15, 0.2) is 5.78 Å². The van der Waals surface area contributed by atoms with Gasteiger partial charge < -0.3 is 9.30 Å². The zero-order valence-electron chi connectivity index (χ0n) is 19.4. The highest BCUT2D eigenvalue weighted by Crippen LogP contribution is 2.24. The molecule has 0 atom stereocenters. The number of halogens is 1. The fraction of sp³-hybridized carbons (Fsp3) is 0.292. The number of aromatic nitrogens is 2. The lowest BCUT2D eigenvalue weighted by atomic mass is 10.1. The van der Waals surface area contributed by atoms with Gasteiger partial charge in [0.1, 0.15) is 11.5 Å². The summed E-state index contributed by atoms with van der Waals surface area (Å²) in [6, 6.07) is 9.74. The number of benzene rings is 1. The van der Waals surface area contributed by atoms with Crippen LogP contribution in [0.5, 0.6) is 0 Å². The standard InChI is InChI=1S/C24H26FN3O5S/c1-16-22(17(2)27(3)23(16)24(30)33-4)21(29)15-28(14-12-19-7-5-6-13-26-19)34(31,32)20-10-8-18(25)9-11-20/h5-11,13H,12,14-15H2,1-4H3. The first-order valence-corrected chi connectivity index (χ1v) is 11.9. The summed E-state index contributed by atoms with van der Waals surface area (Å²) < 4.78 is 47.6. The first-order valence-electron chi connectivity index (χ1n) is 10.5. The minimum atomic E-state index is -4.12. The number of hydrogen-bond acceptors (Lipinski definition) is 6. The molecule has 2 heterocycles. The number of ether oxygens (including phenoxy) is 1. The number of hydrogen-bond donors (Lipinski definition) is 0. The minimum absolute atomic E-state index is 0.0166. The van der Waals surface area contributed by atoms with Crippen LogP contribution < -0.4 is 0 Å². The van der Waals surface area contributed by atoms with Crippen molar-refractivity contribution in [3.63, 3.8) is 0 Å². The number of sulfonamides is 1. The van der Waals surface area contributed by atoms with Crippen LogP contribution in [0.4, 0.5) is 4.39 Å². The van der Waals surface area contributed by atoms with E-state index in [0.717, 1.165) is 28.6 Å². The predicted molar refractivity (Wildman–Crippen MR) is 124 cm³/mol. The van der Waals surface area contributed by atoms with Crippen molar-refractivity contribution in [1.82, 2.24) is 13.9 Å². The van der Waals surface area contributed by atoms with Crippen LogP contribution in [0.1, 0.15) is 37.8 Å². The number of rotatable bonds is 9. The van der Waals surface area contributed by atoms with E-state index in [-0.39, 0.29) is 29.1 Å². The van der Waals surface area contributed by atoms with Crippen molar-refractivity contribution in [2.75, 3.05) is 20.2 Å². The van der Waals surface area contributed by atoms with Gasteiger partial charge in [-0.05, 0) is 55.8 Å². The van der Waals surface area contributed by atoms with E-state index in [0.29, 0.717) is 17.0 Å². The molecule has 180 valence electrons. The van der Waals surface area contributed by atoms with Crippen molar-refractivity contribution in [3.8, 4) is 0 Å². The Morgan fingerprint density at radius 1 is 1.12 bits per heavy atom. The van der Waals surface area contributed by atoms with Gasteiger partial charge in [0.2, 0.25) is 10.0 Å². The molecule has 0 N–H and O–H groups in total. The van der Waals surface area contributed by atoms with Crippen LogP contribution in [-0.2, 0) is 28.2 Å². The van der Waals surface area contributed by atoms with Crippen molar-refractivity contribution in [3.05, 3.63) is 82.7 Å². The highest BCUT2D eigenvalue weighted by atomic mass is 32.2. The zero-order chi connectivity index (χ0) is 25.0. The largest absolute Gasteiger partial charge is 0.464 e. The van der Waals surface area contributed by atoms with Gasteiger partial charge in [-0.1, -0.05) is 6.07 Å². The number of ketones is 1. The molecule has 3 rings (SSSR count). The Labute approximate surface area is 198 Å². The second-order valence-corrected chi connectivity index (χ2v) is 9.71. The van der Waals surface area contributed by atoms with Crippen LogP contribution >= 0.6 is 0 Å². The molecule has 8 nitrogen and oxygen atoms in total. The molecule has 2 aromatic heterocycles. The first kappa shape index (κ1) is 25.3. The molecule has 0 aliphatic rings. The third-order valence-corrected chi connectivity index (χ3v) is 7.56. The fourth-order valence-corrected chi connectivity index (χ4v) is 5.24. The second kappa shape index (κ2) is 10.3. The summed E-state index contributed by atoms with van der Waals surface area (Å²) in [5.74, 6) is -1.62. The fourth-order valence-electron chi connectivity index (χ4n) is 3.84. The van der Waals surface area contributed by atoms with Crippen molar-refractivity contribution in [2.45, 2.75) is 25.2 Å². The molecule has 0 amide bonds. The number of pyridine rings is 1. The molecule has 0 aliphatic carbocycles. The van der Waals surface area contributed by atoms with E-state index in [2.05, 4.69) is 4.98 Å². The monoisotopic (exact) mass is 487 g/mol. The number of Topliss-reactive ketones (excluding diaryl/α,β-unsaturated/α-hetero) is 1. The normalized spacial score (nSPS) is 11.6. The van der Waals surface area contributed by atoms with Crippen LogP contribution in [0.25, 0.3) is 0 Å². The quantitative estimate of drug-likeness (QED) is 0.340. The summed E-state index contributed by atoms with van der Waals surface area (Å²) in [5, 5.41) is 0. The van der Waals surface area contributed by atoms with E-state index in [1.54, 1.807) is 49.9 Å². The number of nitrogens with zero attached hydrogens (tertiary/aromatic N) is 3. The molecule has 0 saturated carbocycles. The molecular weight excluding hydrogens is 461 g/mol. The zero-order valence-corrected chi connectivity index (χ0v) is 20.2. The second-order valence-electron chi connectivity index (χ2n) is 7.77. The highest BCUT2D eigenvalue weighted by molar-refractivity contribution is 7.89. The van der Waals surface area contributed by atoms with E-state index in [1.165, 1.54) is 7.11 Å². The van der Waals surface area contributed by atoms with Gasteiger partial charge in [-0.2, -0.15) is 4.31 Å². The lowest BCUT2D eigenvalue weighted by molar-refractivity contribution is 0.0588. The van der Waals surface area contributed by atoms with Gasteiger partial charge >= 0.3 is 5.97 Å². The maximum absolute atomic E-state index is 13.4. The van der Waals surface area contributed by atoms with Crippen molar-refractivity contribution in [1.29, 1.82) is 0 Å². The molecule has 3 aromatic rings. The Balaban J connectivity index is 1.98. The summed E-state index contributed by atoms with van der Waals surface area (Å²) in [6.07, 6.45) is 1.87. The van der Waals surface area contributed by atoms with Crippen LogP contribution in [0.15, 0.2) is 53.6 Å². The summed E-state index contributed by atoms with van der Waals surface area (Å²) >= 11 is 0. The Morgan fingerprint density at radius 3 is 2.38 bits per heavy atom. The van der Waals surface area contributed by atoms with E-state index >= 15 is 0 Å². The minimum Gasteiger partial charge on any atom is -0.464 e. The summed E-state index contributed by atoms with van der Waals surface area (Å²) in [4.78, 5) is 29.7. The van der Waals surface area contributed by atoms with Crippen molar-refractivity contribution in [2.24, 2.45) is 7.05 Å². The number of carbonyl (C=O) groups is 2. The van der Waals surface area contributed by atoms with Gasteiger partial charge in [0, 0.05) is 43.2 Å². The summed E-state index contributed by atoms with van der Waals surface area (Å²) in [6.45, 7) is 2.83. The molecule has 0 aliphatic heterocycles. The van der Waals surface area contributed by atoms with E-state index in [9.17, 15) is 22.4 Å². The summed E-state index contributed by atoms with van der Waals surface area (Å²) in [7, 11) is -1.23. The van der Waals surface area contributed by atoms with Crippen LogP contribution in [0, 0.1) is 19.7 Å². The van der Waals surface area contributed by atoms with Crippen LogP contribution in [0.3, 0.4) is 0 Å².